The van der Waals surface area contributed by atoms with E-state index in [9.17, 15) is 14.7 Å². The van der Waals surface area contributed by atoms with Crippen molar-refractivity contribution in [2.24, 2.45) is 10.8 Å². The number of Topliss-reactive ketones (excluding diaryl/α,β-unsaturated/α-hetero) is 1. The maximum atomic E-state index is 11.5. The van der Waals surface area contributed by atoms with Crippen LogP contribution in [0.4, 0.5) is 0 Å². The third-order valence-electron chi connectivity index (χ3n) is 6.17. The van der Waals surface area contributed by atoms with Crippen LogP contribution in [-0.4, -0.2) is 16.9 Å². The summed E-state index contributed by atoms with van der Waals surface area (Å²) < 4.78 is 0. The molecule has 1 saturated carbocycles. The monoisotopic (exact) mass is 358 g/mol. The minimum atomic E-state index is -0.603. The molecule has 26 heavy (non-hydrogen) atoms. The Hall–Kier alpha value is -1.64. The van der Waals surface area contributed by atoms with Gasteiger partial charge in [-0.05, 0) is 69.4 Å². The Morgan fingerprint density at radius 3 is 1.88 bits per heavy atom. The number of ketones is 1. The van der Waals surface area contributed by atoms with E-state index in [0.29, 0.717) is 0 Å². The molecule has 0 heterocycles. The Balaban J connectivity index is 1.63. The lowest BCUT2D eigenvalue weighted by molar-refractivity contribution is -0.143. The first-order chi connectivity index (χ1) is 12.3. The third-order valence-corrected chi connectivity index (χ3v) is 6.17. The van der Waals surface area contributed by atoms with Gasteiger partial charge in [0.25, 0.3) is 0 Å². The van der Waals surface area contributed by atoms with Gasteiger partial charge in [-0.3, -0.25) is 9.59 Å². The van der Waals surface area contributed by atoms with Crippen LogP contribution in [0.1, 0.15) is 83.3 Å². The molecule has 0 radical (unpaired) electrons. The van der Waals surface area contributed by atoms with Crippen molar-refractivity contribution in [1.82, 2.24) is 0 Å². The fourth-order valence-electron chi connectivity index (χ4n) is 3.46. The van der Waals surface area contributed by atoms with Crippen LogP contribution in [-0.2, 0) is 22.4 Å². The quantitative estimate of drug-likeness (QED) is 0.495. The first-order valence-electron chi connectivity index (χ1n) is 10.1. The summed E-state index contributed by atoms with van der Waals surface area (Å²) in [5.41, 5.74) is 2.13. The van der Waals surface area contributed by atoms with Gasteiger partial charge in [0.1, 0.15) is 5.78 Å². The van der Waals surface area contributed by atoms with Gasteiger partial charge < -0.3 is 5.11 Å². The molecule has 1 aromatic rings. The molecule has 0 spiro atoms. The number of carbonyl (C=O) groups excluding carboxylic acids is 1. The van der Waals surface area contributed by atoms with E-state index in [4.69, 9.17) is 0 Å². The van der Waals surface area contributed by atoms with E-state index in [1.165, 1.54) is 11.1 Å². The van der Waals surface area contributed by atoms with Gasteiger partial charge in [-0.15, -0.1) is 0 Å². The molecule has 0 bridgehead atoms. The second-order valence-corrected chi connectivity index (χ2v) is 8.76. The predicted molar refractivity (Wildman–Crippen MR) is 105 cm³/mol. The third kappa shape index (κ3) is 5.96. The summed E-state index contributed by atoms with van der Waals surface area (Å²) in [6.45, 7) is 5.75. The van der Waals surface area contributed by atoms with Gasteiger partial charge in [0.15, 0.2) is 0 Å². The van der Waals surface area contributed by atoms with Crippen LogP contribution in [0.2, 0.25) is 0 Å². The number of benzene rings is 1. The summed E-state index contributed by atoms with van der Waals surface area (Å²) in [7, 11) is 0. The lowest BCUT2D eigenvalue weighted by atomic mass is 9.83. The Kier molecular flexibility index (Phi) is 7.02. The summed E-state index contributed by atoms with van der Waals surface area (Å²) in [6.07, 6.45) is 9.87. The molecule has 144 valence electrons. The lowest BCUT2D eigenvalue weighted by Crippen LogP contribution is -2.20. The highest BCUT2D eigenvalue weighted by atomic mass is 16.4. The van der Waals surface area contributed by atoms with Gasteiger partial charge in [0, 0.05) is 5.41 Å². The van der Waals surface area contributed by atoms with Crippen LogP contribution in [0.5, 0.6) is 0 Å². The zero-order valence-electron chi connectivity index (χ0n) is 16.6. The molecule has 1 N–H and O–H groups in total. The zero-order valence-corrected chi connectivity index (χ0v) is 16.6. The van der Waals surface area contributed by atoms with E-state index in [1.807, 2.05) is 13.8 Å². The Morgan fingerprint density at radius 2 is 1.46 bits per heavy atom. The largest absolute Gasteiger partial charge is 0.481 e. The smallest absolute Gasteiger partial charge is 0.309 e. The molecule has 1 aliphatic carbocycles. The van der Waals surface area contributed by atoms with Gasteiger partial charge in [-0.2, -0.15) is 0 Å². The highest BCUT2D eigenvalue weighted by Gasteiger charge is 2.49. The molecular formula is C23H34O3. The molecule has 3 heteroatoms. The van der Waals surface area contributed by atoms with Crippen LogP contribution in [0.3, 0.4) is 0 Å². The minimum absolute atomic E-state index is 0.191. The van der Waals surface area contributed by atoms with Gasteiger partial charge >= 0.3 is 5.97 Å². The van der Waals surface area contributed by atoms with Crippen LogP contribution >= 0.6 is 0 Å². The molecule has 0 atom stereocenters. The molecule has 3 nitrogen and oxygen atoms in total. The number of unbranched alkanes of at least 4 members (excludes halogenated alkanes) is 2. The Labute approximate surface area is 158 Å². The molecule has 0 aliphatic heterocycles. The van der Waals surface area contributed by atoms with E-state index < -0.39 is 5.97 Å². The molecule has 0 aromatic heterocycles. The first kappa shape index (κ1) is 20.7. The van der Waals surface area contributed by atoms with E-state index in [-0.39, 0.29) is 16.6 Å². The normalized spacial score (nSPS) is 15.7. The van der Waals surface area contributed by atoms with Crippen LogP contribution in [0.15, 0.2) is 24.3 Å². The van der Waals surface area contributed by atoms with Gasteiger partial charge in [0.2, 0.25) is 0 Å². The van der Waals surface area contributed by atoms with Crippen molar-refractivity contribution in [2.75, 3.05) is 0 Å². The van der Waals surface area contributed by atoms with Crippen LogP contribution < -0.4 is 0 Å². The van der Waals surface area contributed by atoms with Crippen LogP contribution in [0.25, 0.3) is 0 Å². The topological polar surface area (TPSA) is 54.4 Å². The number of carboxylic acids is 1. The minimum Gasteiger partial charge on any atom is -0.481 e. The highest BCUT2D eigenvalue weighted by molar-refractivity contribution is 5.81. The molecule has 1 aromatic carbocycles. The average Bonchev–Trinajstić information content (AvgIpc) is 3.38. The fourth-order valence-corrected chi connectivity index (χ4v) is 3.46. The van der Waals surface area contributed by atoms with E-state index in [2.05, 4.69) is 24.3 Å². The summed E-state index contributed by atoms with van der Waals surface area (Å²) in [5.74, 6) is -0.327. The maximum absolute atomic E-state index is 11.5. The molecule has 0 unspecified atom stereocenters. The van der Waals surface area contributed by atoms with Crippen molar-refractivity contribution in [3.8, 4) is 0 Å². The van der Waals surface area contributed by atoms with Crippen molar-refractivity contribution in [2.45, 2.75) is 85.0 Å². The summed E-state index contributed by atoms with van der Waals surface area (Å²) in [4.78, 5) is 22.7. The number of aliphatic carboxylic acids is 1. The standard InChI is InChI=1S/C23H34O3/c1-18(24)22(2,3)14-6-4-8-19-10-12-20(13-11-19)9-5-7-15-23(16-17-23)21(25)26/h10-13H,4-9,14-17H2,1-3H3,(H,25,26). The first-order valence-corrected chi connectivity index (χ1v) is 10.1. The average molecular weight is 359 g/mol. The van der Waals surface area contributed by atoms with Crippen molar-refractivity contribution in [1.29, 1.82) is 0 Å². The summed E-state index contributed by atoms with van der Waals surface area (Å²) in [5, 5.41) is 9.19. The molecule has 1 aliphatic rings. The Morgan fingerprint density at radius 1 is 0.962 bits per heavy atom. The zero-order chi connectivity index (χ0) is 19.2. The van der Waals surface area contributed by atoms with Crippen molar-refractivity contribution in [3.05, 3.63) is 35.4 Å². The maximum Gasteiger partial charge on any atom is 0.309 e. The number of carboxylic acid groups (broad SMARTS) is 1. The van der Waals surface area contributed by atoms with Crippen molar-refractivity contribution in [3.63, 3.8) is 0 Å². The van der Waals surface area contributed by atoms with Crippen molar-refractivity contribution < 1.29 is 14.7 Å². The lowest BCUT2D eigenvalue weighted by Gasteiger charge is -2.20. The number of aryl methyl sites for hydroxylation is 2. The van der Waals surface area contributed by atoms with Crippen LogP contribution in [0, 0.1) is 10.8 Å². The van der Waals surface area contributed by atoms with Crippen molar-refractivity contribution >= 4 is 11.8 Å². The highest BCUT2D eigenvalue weighted by Crippen LogP contribution is 2.50. The number of rotatable bonds is 12. The molecule has 0 amide bonds. The van der Waals surface area contributed by atoms with Gasteiger partial charge in [-0.1, -0.05) is 51.0 Å². The molecular weight excluding hydrogens is 324 g/mol. The second kappa shape index (κ2) is 8.83. The summed E-state index contributed by atoms with van der Waals surface area (Å²) >= 11 is 0. The number of hydrogen-bond donors (Lipinski definition) is 1. The molecule has 2 rings (SSSR count). The molecule has 1 fully saturated rings. The molecule has 0 saturated heterocycles. The Bertz CT molecular complexity index is 566. The summed E-state index contributed by atoms with van der Waals surface area (Å²) in [6, 6.07) is 8.84. The van der Waals surface area contributed by atoms with Gasteiger partial charge in [0.05, 0.1) is 5.41 Å². The SMILES string of the molecule is CC(=O)C(C)(C)CCCCc1ccc(CCCCC2(C(=O)O)CC2)cc1. The van der Waals surface area contributed by atoms with E-state index >= 15 is 0 Å². The number of hydrogen-bond acceptors (Lipinski definition) is 2. The number of carbonyl (C=O) groups is 2. The van der Waals surface area contributed by atoms with E-state index in [1.54, 1.807) is 6.92 Å². The predicted octanol–water partition coefficient (Wildman–Crippen LogP) is 5.59. The van der Waals surface area contributed by atoms with Gasteiger partial charge in [-0.25, -0.2) is 0 Å². The second-order valence-electron chi connectivity index (χ2n) is 8.76. The fraction of sp³-hybridized carbons (Fsp3) is 0.652. The van der Waals surface area contributed by atoms with E-state index in [0.717, 1.165) is 64.2 Å².